The van der Waals surface area contributed by atoms with Crippen molar-refractivity contribution in [3.63, 3.8) is 0 Å². The van der Waals surface area contributed by atoms with Gasteiger partial charge in [-0.2, -0.15) is 0 Å². The summed E-state index contributed by atoms with van der Waals surface area (Å²) in [5.74, 6) is 0. The van der Waals surface area contributed by atoms with Crippen molar-refractivity contribution in [2.24, 2.45) is 0 Å². The van der Waals surface area contributed by atoms with E-state index in [0.717, 1.165) is 17.6 Å². The lowest BCUT2D eigenvalue weighted by Gasteiger charge is -2.02. The van der Waals surface area contributed by atoms with E-state index in [1.807, 2.05) is 22.8 Å². The average molecular weight is 243 g/mol. The number of methoxy groups -OCH3 is 1. The number of nitrogens with one attached hydrogen (secondary N) is 1. The first-order valence-electron chi connectivity index (χ1n) is 4.60. The molecule has 1 heterocycles. The van der Waals surface area contributed by atoms with Crippen LogP contribution in [0.15, 0.2) is 18.2 Å². The minimum Gasteiger partial charge on any atom is -0.383 e. The van der Waals surface area contributed by atoms with Crippen molar-refractivity contribution in [2.45, 2.75) is 6.54 Å². The number of fused-ring (bicyclic) bond motifs is 1. The largest absolute Gasteiger partial charge is 0.383 e. The number of para-hydroxylation sites is 1. The Morgan fingerprint density at radius 2 is 2.33 bits per heavy atom. The molecule has 0 radical (unpaired) electrons. The molecule has 0 atom stereocenters. The van der Waals surface area contributed by atoms with Gasteiger partial charge in [0.1, 0.15) is 0 Å². The third-order valence-electron chi connectivity index (χ3n) is 2.28. The van der Waals surface area contributed by atoms with E-state index < -0.39 is 0 Å². The topological polar surface area (TPSA) is 29.9 Å². The second-order valence-corrected chi connectivity index (χ2v) is 4.00. The highest BCUT2D eigenvalue weighted by Gasteiger charge is 2.06. The first-order chi connectivity index (χ1) is 7.24. The zero-order chi connectivity index (χ0) is 10.8. The summed E-state index contributed by atoms with van der Waals surface area (Å²) >= 11 is 11.3. The molecule has 3 nitrogen and oxygen atoms in total. The summed E-state index contributed by atoms with van der Waals surface area (Å²) < 4.78 is 7.70. The van der Waals surface area contributed by atoms with Crippen molar-refractivity contribution in [3.05, 3.63) is 28.0 Å². The monoisotopic (exact) mass is 242 g/mol. The molecular weight excluding hydrogens is 232 g/mol. The third-order valence-corrected chi connectivity index (χ3v) is 2.92. The van der Waals surface area contributed by atoms with Gasteiger partial charge < -0.3 is 14.3 Å². The fraction of sp³-hybridized carbons (Fsp3) is 0.300. The van der Waals surface area contributed by atoms with E-state index in [1.54, 1.807) is 7.11 Å². The van der Waals surface area contributed by atoms with E-state index in [2.05, 4.69) is 4.98 Å². The Bertz CT molecular complexity index is 532. The summed E-state index contributed by atoms with van der Waals surface area (Å²) in [5, 5.41) is 0.690. The number of aromatic nitrogens is 2. The second-order valence-electron chi connectivity index (χ2n) is 3.21. The molecule has 0 fully saturated rings. The molecule has 0 bridgehead atoms. The Morgan fingerprint density at radius 3 is 3.07 bits per heavy atom. The molecule has 0 spiro atoms. The highest BCUT2D eigenvalue weighted by Crippen LogP contribution is 2.22. The molecule has 0 aliphatic heterocycles. The predicted octanol–water partition coefficient (Wildman–Crippen LogP) is 3.00. The molecular formula is C10H11ClN2OS. The maximum absolute atomic E-state index is 6.05. The lowest BCUT2D eigenvalue weighted by molar-refractivity contribution is 0.188. The number of hydrogen-bond acceptors (Lipinski definition) is 2. The first-order valence-corrected chi connectivity index (χ1v) is 5.38. The fourth-order valence-corrected chi connectivity index (χ4v) is 2.06. The summed E-state index contributed by atoms with van der Waals surface area (Å²) in [6.07, 6.45) is 0. The number of hydrogen-bond donors (Lipinski definition) is 1. The van der Waals surface area contributed by atoms with E-state index in [1.165, 1.54) is 0 Å². The van der Waals surface area contributed by atoms with Crippen molar-refractivity contribution in [1.29, 1.82) is 0 Å². The van der Waals surface area contributed by atoms with E-state index in [-0.39, 0.29) is 0 Å². The molecule has 2 aromatic rings. The van der Waals surface area contributed by atoms with Crippen LogP contribution in [0.4, 0.5) is 0 Å². The van der Waals surface area contributed by atoms with Crippen LogP contribution in [0, 0.1) is 4.77 Å². The zero-order valence-electron chi connectivity index (χ0n) is 8.29. The molecule has 0 aliphatic carbocycles. The maximum Gasteiger partial charge on any atom is 0.178 e. The minimum absolute atomic E-state index is 0.633. The van der Waals surface area contributed by atoms with Crippen LogP contribution < -0.4 is 0 Å². The van der Waals surface area contributed by atoms with Crippen LogP contribution in [0.3, 0.4) is 0 Å². The Balaban J connectivity index is 2.58. The Morgan fingerprint density at radius 1 is 1.53 bits per heavy atom. The third kappa shape index (κ3) is 1.93. The first kappa shape index (κ1) is 10.7. The van der Waals surface area contributed by atoms with Crippen LogP contribution in [-0.2, 0) is 11.3 Å². The molecule has 1 aromatic heterocycles. The molecule has 0 amide bonds. The molecule has 0 saturated heterocycles. The Hall–Kier alpha value is -0.840. The highest BCUT2D eigenvalue weighted by atomic mass is 35.5. The molecule has 0 saturated carbocycles. The van der Waals surface area contributed by atoms with Gasteiger partial charge in [0.05, 0.1) is 22.7 Å². The van der Waals surface area contributed by atoms with Gasteiger partial charge in [0, 0.05) is 13.7 Å². The van der Waals surface area contributed by atoms with Crippen molar-refractivity contribution in [2.75, 3.05) is 13.7 Å². The summed E-state index contributed by atoms with van der Waals surface area (Å²) in [4.78, 5) is 3.09. The van der Waals surface area contributed by atoms with Gasteiger partial charge in [-0.05, 0) is 24.4 Å². The standard InChI is InChI=1S/C10H11ClN2OS/c1-14-6-5-13-8-4-2-3-7(11)9(8)12-10(13)15/h2-4H,5-6H2,1H3,(H,12,15). The number of nitrogens with zero attached hydrogens (tertiary/aromatic N) is 1. The number of H-pyrrole nitrogens is 1. The number of imidazole rings is 1. The van der Waals surface area contributed by atoms with Gasteiger partial charge in [0.25, 0.3) is 0 Å². The molecule has 2 rings (SSSR count). The molecule has 1 N–H and O–H groups in total. The molecule has 0 unspecified atom stereocenters. The number of ether oxygens (including phenoxy) is 1. The van der Waals surface area contributed by atoms with Gasteiger partial charge in [-0.25, -0.2) is 0 Å². The van der Waals surface area contributed by atoms with E-state index >= 15 is 0 Å². The zero-order valence-corrected chi connectivity index (χ0v) is 9.86. The fourth-order valence-electron chi connectivity index (χ4n) is 1.55. The molecule has 5 heteroatoms. The van der Waals surface area contributed by atoms with Crippen molar-refractivity contribution in [1.82, 2.24) is 9.55 Å². The summed E-state index contributed by atoms with van der Waals surface area (Å²) in [7, 11) is 1.67. The van der Waals surface area contributed by atoms with E-state index in [4.69, 9.17) is 28.6 Å². The van der Waals surface area contributed by atoms with Crippen molar-refractivity contribution in [3.8, 4) is 0 Å². The summed E-state index contributed by atoms with van der Waals surface area (Å²) in [5.41, 5.74) is 1.91. The van der Waals surface area contributed by atoms with Gasteiger partial charge in [0.2, 0.25) is 0 Å². The van der Waals surface area contributed by atoms with E-state index in [9.17, 15) is 0 Å². The molecule has 1 aromatic carbocycles. The lowest BCUT2D eigenvalue weighted by atomic mass is 10.3. The minimum atomic E-state index is 0.633. The maximum atomic E-state index is 6.05. The van der Waals surface area contributed by atoms with Gasteiger partial charge in [-0.3, -0.25) is 0 Å². The number of rotatable bonds is 3. The van der Waals surface area contributed by atoms with Crippen LogP contribution in [0.2, 0.25) is 5.02 Å². The quantitative estimate of drug-likeness (QED) is 0.839. The lowest BCUT2D eigenvalue weighted by Crippen LogP contribution is -2.03. The second kappa shape index (κ2) is 4.35. The average Bonchev–Trinajstić information content (AvgIpc) is 2.54. The van der Waals surface area contributed by atoms with Crippen molar-refractivity contribution < 1.29 is 4.74 Å². The SMILES string of the molecule is COCCn1c(=S)[nH]c2c(Cl)cccc21. The molecule has 15 heavy (non-hydrogen) atoms. The summed E-state index contributed by atoms with van der Waals surface area (Å²) in [6.45, 7) is 1.36. The van der Waals surface area contributed by atoms with Crippen LogP contribution in [-0.4, -0.2) is 23.3 Å². The van der Waals surface area contributed by atoms with Crippen LogP contribution in [0.1, 0.15) is 0 Å². The number of benzene rings is 1. The normalized spacial score (nSPS) is 11.1. The smallest absolute Gasteiger partial charge is 0.178 e. The Kier molecular flexibility index (Phi) is 3.09. The van der Waals surface area contributed by atoms with Gasteiger partial charge in [0.15, 0.2) is 4.77 Å². The Labute approximate surface area is 97.6 Å². The van der Waals surface area contributed by atoms with Gasteiger partial charge in [-0.15, -0.1) is 0 Å². The van der Waals surface area contributed by atoms with Crippen LogP contribution in [0.5, 0.6) is 0 Å². The predicted molar refractivity (Wildman–Crippen MR) is 64.0 cm³/mol. The van der Waals surface area contributed by atoms with Gasteiger partial charge in [-0.1, -0.05) is 17.7 Å². The van der Waals surface area contributed by atoms with Crippen LogP contribution in [0.25, 0.3) is 11.0 Å². The number of halogens is 1. The van der Waals surface area contributed by atoms with E-state index in [0.29, 0.717) is 16.4 Å². The summed E-state index contributed by atoms with van der Waals surface area (Å²) in [6, 6.07) is 5.75. The number of aromatic amines is 1. The molecule has 0 aliphatic rings. The van der Waals surface area contributed by atoms with Crippen molar-refractivity contribution >= 4 is 34.9 Å². The van der Waals surface area contributed by atoms with Crippen LogP contribution >= 0.6 is 23.8 Å². The highest BCUT2D eigenvalue weighted by molar-refractivity contribution is 7.71. The van der Waals surface area contributed by atoms with Gasteiger partial charge >= 0.3 is 0 Å². The molecule has 80 valence electrons.